The van der Waals surface area contributed by atoms with Crippen LogP contribution in [0, 0.1) is 0 Å². The van der Waals surface area contributed by atoms with E-state index < -0.39 is 24.6 Å². The number of aliphatic hydroxyl groups excluding tert-OH is 2. The van der Waals surface area contributed by atoms with Crippen LogP contribution >= 0.6 is 0 Å². The summed E-state index contributed by atoms with van der Waals surface area (Å²) >= 11 is 0. The average molecular weight is 240 g/mol. The van der Waals surface area contributed by atoms with Crippen molar-refractivity contribution >= 4 is 0 Å². The van der Waals surface area contributed by atoms with E-state index in [0.29, 0.717) is 5.75 Å². The van der Waals surface area contributed by atoms with Crippen LogP contribution in [0.2, 0.25) is 0 Å². The zero-order valence-corrected chi connectivity index (χ0v) is 9.52. The minimum Gasteiger partial charge on any atom is -0.462 e. The summed E-state index contributed by atoms with van der Waals surface area (Å²) in [6, 6.07) is 9.01. The molecule has 94 valence electrons. The zero-order valence-electron chi connectivity index (χ0n) is 9.52. The molecular weight excluding hydrogens is 224 g/mol. The van der Waals surface area contributed by atoms with Gasteiger partial charge in [0.25, 0.3) is 0 Å². The van der Waals surface area contributed by atoms with E-state index in [1.54, 1.807) is 12.1 Å². The van der Waals surface area contributed by atoms with Gasteiger partial charge in [0.2, 0.25) is 6.29 Å². The fourth-order valence-electron chi connectivity index (χ4n) is 1.75. The molecule has 0 saturated carbocycles. The number of rotatable bonds is 4. The van der Waals surface area contributed by atoms with Gasteiger partial charge in [-0.15, -0.1) is 0 Å². The highest BCUT2D eigenvalue weighted by molar-refractivity contribution is 5.21. The predicted octanol–water partition coefficient (Wildman–Crippen LogP) is 0.159. The molecule has 1 aliphatic heterocycles. The molecule has 1 aromatic rings. The van der Waals surface area contributed by atoms with Gasteiger partial charge in [-0.2, -0.15) is 0 Å². The van der Waals surface area contributed by atoms with Crippen LogP contribution < -0.4 is 4.74 Å². The molecule has 1 fully saturated rings. The maximum Gasteiger partial charge on any atom is 0.229 e. The summed E-state index contributed by atoms with van der Waals surface area (Å²) in [6.07, 6.45) is -3.50. The van der Waals surface area contributed by atoms with Crippen LogP contribution in [0.25, 0.3) is 0 Å². The van der Waals surface area contributed by atoms with Crippen LogP contribution in [0.4, 0.5) is 0 Å². The number of hydrogen-bond donors (Lipinski definition) is 2. The van der Waals surface area contributed by atoms with Gasteiger partial charge in [0.1, 0.15) is 24.1 Å². The lowest BCUT2D eigenvalue weighted by molar-refractivity contribution is -0.118. The Hall–Kier alpha value is -1.14. The summed E-state index contributed by atoms with van der Waals surface area (Å²) in [5.41, 5.74) is 0. The highest BCUT2D eigenvalue weighted by Crippen LogP contribution is 2.24. The standard InChI is InChI=1S/C12H16O5/c1-15-7-9-10(13)11(14)12(17-9)16-8-5-3-2-4-6-8/h2-6,9-14H,7H2,1H3. The van der Waals surface area contributed by atoms with Crippen LogP contribution in [0.1, 0.15) is 0 Å². The molecule has 1 aromatic carbocycles. The van der Waals surface area contributed by atoms with Gasteiger partial charge in [-0.25, -0.2) is 0 Å². The molecule has 17 heavy (non-hydrogen) atoms. The second-order valence-corrected chi connectivity index (χ2v) is 3.91. The summed E-state index contributed by atoms with van der Waals surface area (Å²) in [4.78, 5) is 0. The summed E-state index contributed by atoms with van der Waals surface area (Å²) < 4.78 is 15.7. The second-order valence-electron chi connectivity index (χ2n) is 3.91. The van der Waals surface area contributed by atoms with Crippen molar-refractivity contribution in [3.63, 3.8) is 0 Å². The summed E-state index contributed by atoms with van der Waals surface area (Å²) in [7, 11) is 1.51. The van der Waals surface area contributed by atoms with E-state index in [1.165, 1.54) is 7.11 Å². The van der Waals surface area contributed by atoms with Crippen LogP contribution in [-0.4, -0.2) is 48.5 Å². The number of aliphatic hydroxyl groups is 2. The minimum atomic E-state index is -1.07. The quantitative estimate of drug-likeness (QED) is 0.784. The van der Waals surface area contributed by atoms with E-state index in [2.05, 4.69) is 0 Å². The Balaban J connectivity index is 1.98. The second kappa shape index (κ2) is 5.46. The van der Waals surface area contributed by atoms with Gasteiger partial charge >= 0.3 is 0 Å². The molecule has 1 aliphatic rings. The highest BCUT2D eigenvalue weighted by Gasteiger charge is 2.44. The lowest BCUT2D eigenvalue weighted by Crippen LogP contribution is -2.35. The van der Waals surface area contributed by atoms with Gasteiger partial charge < -0.3 is 24.4 Å². The minimum absolute atomic E-state index is 0.215. The monoisotopic (exact) mass is 240 g/mol. The van der Waals surface area contributed by atoms with Crippen molar-refractivity contribution in [2.45, 2.75) is 24.6 Å². The first-order chi connectivity index (χ1) is 8.22. The number of ether oxygens (including phenoxy) is 3. The molecule has 0 radical (unpaired) electrons. The molecule has 2 N–H and O–H groups in total. The molecule has 4 atom stereocenters. The molecule has 0 aliphatic carbocycles. The van der Waals surface area contributed by atoms with E-state index in [1.807, 2.05) is 18.2 Å². The Morgan fingerprint density at radius 2 is 1.88 bits per heavy atom. The van der Waals surface area contributed by atoms with Crippen LogP contribution in [0.15, 0.2) is 30.3 Å². The topological polar surface area (TPSA) is 68.2 Å². The third kappa shape index (κ3) is 2.76. The molecule has 0 aromatic heterocycles. The fourth-order valence-corrected chi connectivity index (χ4v) is 1.75. The van der Waals surface area contributed by atoms with Crippen LogP contribution in [0.5, 0.6) is 5.75 Å². The smallest absolute Gasteiger partial charge is 0.229 e. The molecule has 0 spiro atoms. The molecule has 1 saturated heterocycles. The molecule has 0 amide bonds. The third-order valence-electron chi connectivity index (χ3n) is 2.64. The molecule has 5 nitrogen and oxygen atoms in total. The van der Waals surface area contributed by atoms with E-state index in [4.69, 9.17) is 14.2 Å². The van der Waals surface area contributed by atoms with Crippen molar-refractivity contribution in [3.05, 3.63) is 30.3 Å². The van der Waals surface area contributed by atoms with Gasteiger partial charge in [0.15, 0.2) is 0 Å². The Labute approximate surface area is 99.5 Å². The van der Waals surface area contributed by atoms with E-state index >= 15 is 0 Å². The lowest BCUT2D eigenvalue weighted by Gasteiger charge is -2.16. The zero-order chi connectivity index (χ0) is 12.3. The molecular formula is C12H16O5. The van der Waals surface area contributed by atoms with Crippen LogP contribution in [-0.2, 0) is 9.47 Å². The lowest BCUT2D eigenvalue weighted by atomic mass is 10.1. The van der Waals surface area contributed by atoms with E-state index in [9.17, 15) is 10.2 Å². The number of hydrogen-bond acceptors (Lipinski definition) is 5. The third-order valence-corrected chi connectivity index (χ3v) is 2.64. The largest absolute Gasteiger partial charge is 0.462 e. The van der Waals surface area contributed by atoms with Gasteiger partial charge in [0, 0.05) is 7.11 Å². The van der Waals surface area contributed by atoms with E-state index in [-0.39, 0.29) is 6.61 Å². The van der Waals surface area contributed by atoms with E-state index in [0.717, 1.165) is 0 Å². The number of methoxy groups -OCH3 is 1. The molecule has 2 rings (SSSR count). The van der Waals surface area contributed by atoms with Crippen molar-refractivity contribution in [3.8, 4) is 5.75 Å². The first kappa shape index (κ1) is 12.3. The first-order valence-electron chi connectivity index (χ1n) is 5.44. The van der Waals surface area contributed by atoms with Gasteiger partial charge in [-0.1, -0.05) is 18.2 Å². The summed E-state index contributed by atoms with van der Waals surface area (Å²) in [6.45, 7) is 0.215. The van der Waals surface area contributed by atoms with Crippen molar-refractivity contribution < 1.29 is 24.4 Å². The van der Waals surface area contributed by atoms with Gasteiger partial charge in [0.05, 0.1) is 6.61 Å². The maximum atomic E-state index is 9.76. The average Bonchev–Trinajstić information content (AvgIpc) is 2.60. The first-order valence-corrected chi connectivity index (χ1v) is 5.44. The van der Waals surface area contributed by atoms with Crippen LogP contribution in [0.3, 0.4) is 0 Å². The summed E-state index contributed by atoms with van der Waals surface area (Å²) in [5.74, 6) is 0.585. The van der Waals surface area contributed by atoms with Crippen molar-refractivity contribution in [2.75, 3.05) is 13.7 Å². The Morgan fingerprint density at radius 1 is 1.18 bits per heavy atom. The normalized spacial score (nSPS) is 32.6. The molecule has 1 heterocycles. The van der Waals surface area contributed by atoms with Gasteiger partial charge in [-0.05, 0) is 12.1 Å². The Kier molecular flexibility index (Phi) is 3.96. The molecule has 0 bridgehead atoms. The van der Waals surface area contributed by atoms with Crippen molar-refractivity contribution in [1.82, 2.24) is 0 Å². The number of benzene rings is 1. The van der Waals surface area contributed by atoms with Crippen molar-refractivity contribution in [2.24, 2.45) is 0 Å². The Bertz CT molecular complexity index is 342. The van der Waals surface area contributed by atoms with Gasteiger partial charge in [-0.3, -0.25) is 0 Å². The fraction of sp³-hybridized carbons (Fsp3) is 0.500. The SMILES string of the molecule is COCC1OC(Oc2ccccc2)C(O)C1O. The predicted molar refractivity (Wildman–Crippen MR) is 59.6 cm³/mol. The molecule has 5 heteroatoms. The van der Waals surface area contributed by atoms with Crippen molar-refractivity contribution in [1.29, 1.82) is 0 Å². The summed E-state index contributed by atoms with van der Waals surface area (Å²) in [5, 5.41) is 19.5. The Morgan fingerprint density at radius 3 is 2.53 bits per heavy atom. The molecule has 4 unspecified atom stereocenters. The number of para-hydroxylation sites is 1. The maximum absolute atomic E-state index is 9.76. The highest BCUT2D eigenvalue weighted by atomic mass is 16.7.